The van der Waals surface area contributed by atoms with E-state index in [-0.39, 0.29) is 12.2 Å². The number of amides is 1. The number of carbonyl (C=O) groups excluding carboxylic acids is 1. The zero-order valence-corrected chi connectivity index (χ0v) is 11.2. The van der Waals surface area contributed by atoms with Gasteiger partial charge >= 0.3 is 6.18 Å². The molecular formula is C13H15F3N2O3. The normalized spacial score (nSPS) is 14.7. The molecule has 1 atom stereocenters. The first-order valence-electron chi connectivity index (χ1n) is 6.07. The summed E-state index contributed by atoms with van der Waals surface area (Å²) in [6.07, 6.45) is -1.11. The van der Waals surface area contributed by atoms with E-state index in [1.165, 1.54) is 24.5 Å². The molecule has 1 rings (SSSR count). The van der Waals surface area contributed by atoms with Crippen LogP contribution in [0.1, 0.15) is 17.3 Å². The molecule has 0 bridgehead atoms. The van der Waals surface area contributed by atoms with Crippen LogP contribution in [-0.2, 0) is 4.74 Å². The highest BCUT2D eigenvalue weighted by atomic mass is 19.4. The van der Waals surface area contributed by atoms with E-state index in [1.54, 1.807) is 6.92 Å². The van der Waals surface area contributed by atoms with Gasteiger partial charge in [-0.1, -0.05) is 0 Å². The maximum atomic E-state index is 12.9. The SMILES string of the molecule is CCO/C=C/[C@](O)(CNC(=O)c1cccnc1)C(F)(F)F. The number of halogens is 3. The molecule has 2 N–H and O–H groups in total. The second-order valence-electron chi connectivity index (χ2n) is 4.10. The van der Waals surface area contributed by atoms with E-state index < -0.39 is 24.2 Å². The van der Waals surface area contributed by atoms with Gasteiger partial charge in [-0.05, 0) is 25.1 Å². The average molecular weight is 304 g/mol. The Hall–Kier alpha value is -2.09. The van der Waals surface area contributed by atoms with Crippen LogP contribution in [0.5, 0.6) is 0 Å². The number of aromatic nitrogens is 1. The first kappa shape index (κ1) is 17.0. The summed E-state index contributed by atoms with van der Waals surface area (Å²) >= 11 is 0. The second-order valence-corrected chi connectivity index (χ2v) is 4.10. The third-order valence-corrected chi connectivity index (χ3v) is 2.54. The van der Waals surface area contributed by atoms with Crippen LogP contribution in [-0.4, -0.2) is 40.9 Å². The van der Waals surface area contributed by atoms with E-state index in [2.05, 4.69) is 9.72 Å². The summed E-state index contributed by atoms with van der Waals surface area (Å²) < 4.78 is 43.2. The number of carbonyl (C=O) groups is 1. The fraction of sp³-hybridized carbons (Fsp3) is 0.385. The van der Waals surface area contributed by atoms with Crippen molar-refractivity contribution in [3.8, 4) is 0 Å². The van der Waals surface area contributed by atoms with Gasteiger partial charge in [0, 0.05) is 12.4 Å². The molecule has 0 saturated carbocycles. The van der Waals surface area contributed by atoms with Crippen LogP contribution in [0.3, 0.4) is 0 Å². The second kappa shape index (κ2) is 7.07. The quantitative estimate of drug-likeness (QED) is 0.784. The van der Waals surface area contributed by atoms with Crippen molar-refractivity contribution in [3.05, 3.63) is 42.4 Å². The molecule has 1 aromatic rings. The van der Waals surface area contributed by atoms with E-state index >= 15 is 0 Å². The van der Waals surface area contributed by atoms with Crippen molar-refractivity contribution in [1.82, 2.24) is 10.3 Å². The molecule has 0 saturated heterocycles. The molecule has 1 amide bonds. The molecule has 0 aliphatic heterocycles. The smallest absolute Gasteiger partial charge is 0.422 e. The maximum absolute atomic E-state index is 12.9. The van der Waals surface area contributed by atoms with Crippen molar-refractivity contribution in [1.29, 1.82) is 0 Å². The molecule has 0 spiro atoms. The highest BCUT2D eigenvalue weighted by Crippen LogP contribution is 2.31. The Morgan fingerprint density at radius 1 is 1.52 bits per heavy atom. The largest absolute Gasteiger partial charge is 0.502 e. The maximum Gasteiger partial charge on any atom is 0.422 e. The molecule has 5 nitrogen and oxygen atoms in total. The Morgan fingerprint density at radius 2 is 2.24 bits per heavy atom. The summed E-state index contributed by atoms with van der Waals surface area (Å²) in [6.45, 7) is 0.710. The Balaban J connectivity index is 2.77. The van der Waals surface area contributed by atoms with Crippen molar-refractivity contribution in [2.24, 2.45) is 0 Å². The van der Waals surface area contributed by atoms with Gasteiger partial charge in [0.25, 0.3) is 5.91 Å². The average Bonchev–Trinajstić information content (AvgIpc) is 2.45. The van der Waals surface area contributed by atoms with Crippen LogP contribution in [0.4, 0.5) is 13.2 Å². The molecule has 0 unspecified atom stereocenters. The van der Waals surface area contributed by atoms with Gasteiger partial charge in [-0.15, -0.1) is 0 Å². The van der Waals surface area contributed by atoms with Gasteiger partial charge in [-0.25, -0.2) is 0 Å². The molecule has 116 valence electrons. The number of rotatable bonds is 6. The monoisotopic (exact) mass is 304 g/mol. The number of aliphatic hydroxyl groups is 1. The van der Waals surface area contributed by atoms with Crippen LogP contribution < -0.4 is 5.32 Å². The molecule has 0 aliphatic rings. The number of hydrogen-bond donors (Lipinski definition) is 2. The molecular weight excluding hydrogens is 289 g/mol. The van der Waals surface area contributed by atoms with Gasteiger partial charge in [0.05, 0.1) is 25.0 Å². The summed E-state index contributed by atoms with van der Waals surface area (Å²) in [6, 6.07) is 2.87. The summed E-state index contributed by atoms with van der Waals surface area (Å²) in [5.74, 6) is -0.768. The van der Waals surface area contributed by atoms with Crippen molar-refractivity contribution in [2.45, 2.75) is 18.7 Å². The van der Waals surface area contributed by atoms with Gasteiger partial charge in [-0.3, -0.25) is 9.78 Å². The number of pyridine rings is 1. The Bertz CT molecular complexity index is 491. The topological polar surface area (TPSA) is 71.5 Å². The molecule has 0 aliphatic carbocycles. The lowest BCUT2D eigenvalue weighted by atomic mass is 10.0. The fourth-order valence-corrected chi connectivity index (χ4v) is 1.32. The van der Waals surface area contributed by atoms with E-state index in [0.29, 0.717) is 6.08 Å². The predicted molar refractivity (Wildman–Crippen MR) is 68.3 cm³/mol. The first-order chi connectivity index (χ1) is 9.80. The Labute approximate surface area is 119 Å². The molecule has 8 heteroatoms. The highest BCUT2D eigenvalue weighted by Gasteiger charge is 2.52. The van der Waals surface area contributed by atoms with E-state index in [1.807, 2.05) is 5.32 Å². The first-order valence-corrected chi connectivity index (χ1v) is 6.07. The number of alkyl halides is 3. The number of hydrogen-bond acceptors (Lipinski definition) is 4. The van der Waals surface area contributed by atoms with E-state index in [0.717, 1.165) is 6.26 Å². The van der Waals surface area contributed by atoms with Crippen LogP contribution >= 0.6 is 0 Å². The summed E-state index contributed by atoms with van der Waals surface area (Å²) in [7, 11) is 0. The summed E-state index contributed by atoms with van der Waals surface area (Å²) in [4.78, 5) is 15.3. The number of ether oxygens (including phenoxy) is 1. The zero-order chi connectivity index (χ0) is 15.9. The molecule has 1 aromatic heterocycles. The summed E-state index contributed by atoms with van der Waals surface area (Å²) in [5.41, 5.74) is -3.11. The van der Waals surface area contributed by atoms with Gasteiger partial charge in [0.2, 0.25) is 0 Å². The minimum absolute atomic E-state index is 0.0933. The van der Waals surface area contributed by atoms with E-state index in [4.69, 9.17) is 0 Å². The lowest BCUT2D eigenvalue weighted by Gasteiger charge is -2.27. The molecule has 0 fully saturated rings. The minimum Gasteiger partial charge on any atom is -0.502 e. The highest BCUT2D eigenvalue weighted by molar-refractivity contribution is 5.93. The molecule has 0 radical (unpaired) electrons. The summed E-state index contributed by atoms with van der Waals surface area (Å²) in [5, 5.41) is 11.7. The van der Waals surface area contributed by atoms with Crippen LogP contribution in [0.2, 0.25) is 0 Å². The Morgan fingerprint density at radius 3 is 2.76 bits per heavy atom. The lowest BCUT2D eigenvalue weighted by molar-refractivity contribution is -0.237. The van der Waals surface area contributed by atoms with Crippen molar-refractivity contribution >= 4 is 5.91 Å². The van der Waals surface area contributed by atoms with Gasteiger partial charge in [-0.2, -0.15) is 13.2 Å². The van der Waals surface area contributed by atoms with Gasteiger partial charge in [0.1, 0.15) is 0 Å². The van der Waals surface area contributed by atoms with Crippen molar-refractivity contribution < 1.29 is 27.8 Å². The Kier molecular flexibility index (Phi) is 5.71. The molecule has 0 aromatic carbocycles. The lowest BCUT2D eigenvalue weighted by Crippen LogP contribution is -2.52. The third-order valence-electron chi connectivity index (χ3n) is 2.54. The van der Waals surface area contributed by atoms with Crippen LogP contribution in [0, 0.1) is 0 Å². The fourth-order valence-electron chi connectivity index (χ4n) is 1.32. The minimum atomic E-state index is -4.96. The van der Waals surface area contributed by atoms with Gasteiger partial charge < -0.3 is 15.2 Å². The van der Waals surface area contributed by atoms with Crippen LogP contribution in [0.25, 0.3) is 0 Å². The van der Waals surface area contributed by atoms with Crippen molar-refractivity contribution in [3.63, 3.8) is 0 Å². The zero-order valence-electron chi connectivity index (χ0n) is 11.2. The van der Waals surface area contributed by atoms with E-state index in [9.17, 15) is 23.1 Å². The predicted octanol–water partition coefficient (Wildman–Crippen LogP) is 1.66. The molecule has 1 heterocycles. The van der Waals surface area contributed by atoms with Crippen molar-refractivity contribution in [2.75, 3.05) is 13.2 Å². The standard InChI is InChI=1S/C13H15F3N2O3/c1-2-21-7-5-12(20,13(14,15)16)9-18-11(19)10-4-3-6-17-8-10/h3-8,20H,2,9H2,1H3,(H,18,19)/b7-5+/t12-/m0/s1. The molecule has 21 heavy (non-hydrogen) atoms. The third kappa shape index (κ3) is 4.75. The number of nitrogens with one attached hydrogen (secondary N) is 1. The number of nitrogens with zero attached hydrogens (tertiary/aromatic N) is 1. The van der Waals surface area contributed by atoms with Gasteiger partial charge in [0.15, 0.2) is 5.60 Å². The van der Waals surface area contributed by atoms with Crippen LogP contribution in [0.15, 0.2) is 36.9 Å².